The van der Waals surface area contributed by atoms with E-state index < -0.39 is 0 Å². The Morgan fingerprint density at radius 1 is 1.31 bits per heavy atom. The molecule has 0 aliphatic heterocycles. The van der Waals surface area contributed by atoms with Crippen molar-refractivity contribution in [2.24, 2.45) is 0 Å². The summed E-state index contributed by atoms with van der Waals surface area (Å²) < 4.78 is 5.48. The van der Waals surface area contributed by atoms with Crippen molar-refractivity contribution in [3.8, 4) is 0 Å². The molecule has 2 heteroatoms. The Bertz CT molecular complexity index is 248. The molecule has 0 amide bonds. The van der Waals surface area contributed by atoms with Gasteiger partial charge in [-0.1, -0.05) is 30.3 Å². The van der Waals surface area contributed by atoms with E-state index in [9.17, 15) is 0 Å². The van der Waals surface area contributed by atoms with Crippen LogP contribution in [0.4, 0.5) is 0 Å². The molecule has 0 spiro atoms. The predicted molar refractivity (Wildman–Crippen MR) is 56.1 cm³/mol. The van der Waals surface area contributed by atoms with Crippen LogP contribution in [0.15, 0.2) is 30.3 Å². The summed E-state index contributed by atoms with van der Waals surface area (Å²) in [5.74, 6) is 0.610. The molecule has 72 valence electrons. The third-order valence-electron chi connectivity index (χ3n) is 2.41. The molecule has 1 rings (SSSR count). The normalized spacial score (nSPS) is 15.3. The van der Waals surface area contributed by atoms with Gasteiger partial charge in [-0.15, -0.1) is 11.6 Å². The molecule has 1 unspecified atom stereocenters. The summed E-state index contributed by atoms with van der Waals surface area (Å²) in [7, 11) is 1.72. The molecule has 0 saturated carbocycles. The van der Waals surface area contributed by atoms with E-state index in [0.29, 0.717) is 5.88 Å². The number of halogens is 1. The van der Waals surface area contributed by atoms with Crippen molar-refractivity contribution in [3.63, 3.8) is 0 Å². The molecular formula is C11H15ClO. The molecule has 0 aromatic heterocycles. The highest BCUT2D eigenvalue weighted by atomic mass is 35.5. The average Bonchev–Trinajstić information content (AvgIpc) is 2.19. The number of hydrogen-bond acceptors (Lipinski definition) is 1. The summed E-state index contributed by atoms with van der Waals surface area (Å²) in [6.45, 7) is 2.06. The van der Waals surface area contributed by atoms with Gasteiger partial charge in [0, 0.05) is 13.0 Å². The Hall–Kier alpha value is -0.530. The van der Waals surface area contributed by atoms with Crippen molar-refractivity contribution in [1.82, 2.24) is 0 Å². The van der Waals surface area contributed by atoms with Gasteiger partial charge in [-0.3, -0.25) is 0 Å². The molecule has 1 aromatic rings. The topological polar surface area (TPSA) is 9.23 Å². The SMILES string of the molecule is COC(C)(CCCl)c1ccccc1. The Balaban J connectivity index is 2.89. The Labute approximate surface area is 84.7 Å². The molecule has 1 aromatic carbocycles. The van der Waals surface area contributed by atoms with Crippen LogP contribution in [0.3, 0.4) is 0 Å². The van der Waals surface area contributed by atoms with E-state index in [4.69, 9.17) is 16.3 Å². The minimum Gasteiger partial charge on any atom is -0.374 e. The fraction of sp³-hybridized carbons (Fsp3) is 0.455. The number of rotatable bonds is 4. The first kappa shape index (κ1) is 10.6. The quantitative estimate of drug-likeness (QED) is 0.676. The first-order valence-electron chi connectivity index (χ1n) is 4.39. The number of hydrogen-bond donors (Lipinski definition) is 0. The van der Waals surface area contributed by atoms with Gasteiger partial charge in [-0.05, 0) is 18.9 Å². The van der Waals surface area contributed by atoms with Gasteiger partial charge < -0.3 is 4.74 Å². The van der Waals surface area contributed by atoms with E-state index in [1.807, 2.05) is 18.2 Å². The number of methoxy groups -OCH3 is 1. The third kappa shape index (κ3) is 2.45. The molecule has 0 N–H and O–H groups in total. The third-order valence-corrected chi connectivity index (χ3v) is 2.60. The lowest BCUT2D eigenvalue weighted by atomic mass is 9.93. The summed E-state index contributed by atoms with van der Waals surface area (Å²) in [5, 5.41) is 0. The van der Waals surface area contributed by atoms with Crippen LogP contribution >= 0.6 is 11.6 Å². The van der Waals surface area contributed by atoms with Gasteiger partial charge in [-0.25, -0.2) is 0 Å². The van der Waals surface area contributed by atoms with Gasteiger partial charge in [0.2, 0.25) is 0 Å². The number of benzene rings is 1. The molecule has 1 nitrogen and oxygen atoms in total. The van der Waals surface area contributed by atoms with Crippen molar-refractivity contribution < 1.29 is 4.74 Å². The van der Waals surface area contributed by atoms with E-state index in [1.54, 1.807) is 7.11 Å². The standard InChI is InChI=1S/C11H15ClO/c1-11(13-2,8-9-12)10-6-4-3-5-7-10/h3-7H,8-9H2,1-2H3. The van der Waals surface area contributed by atoms with Gasteiger partial charge in [-0.2, -0.15) is 0 Å². The average molecular weight is 199 g/mol. The first-order valence-corrected chi connectivity index (χ1v) is 4.93. The fourth-order valence-corrected chi connectivity index (χ4v) is 1.70. The summed E-state index contributed by atoms with van der Waals surface area (Å²) in [4.78, 5) is 0. The van der Waals surface area contributed by atoms with Crippen molar-refractivity contribution >= 4 is 11.6 Å². The summed E-state index contributed by atoms with van der Waals surface area (Å²) in [6.07, 6.45) is 0.828. The highest BCUT2D eigenvalue weighted by molar-refractivity contribution is 6.17. The Morgan fingerprint density at radius 2 is 1.92 bits per heavy atom. The maximum absolute atomic E-state index is 5.73. The zero-order valence-electron chi connectivity index (χ0n) is 8.09. The molecule has 0 heterocycles. The molecular weight excluding hydrogens is 184 g/mol. The van der Waals surface area contributed by atoms with E-state index in [1.165, 1.54) is 5.56 Å². The smallest absolute Gasteiger partial charge is 0.0910 e. The zero-order valence-corrected chi connectivity index (χ0v) is 8.84. The molecule has 0 aliphatic rings. The monoisotopic (exact) mass is 198 g/mol. The van der Waals surface area contributed by atoms with Crippen LogP contribution in [0.1, 0.15) is 18.9 Å². The summed E-state index contributed by atoms with van der Waals surface area (Å²) in [5.41, 5.74) is 0.932. The van der Waals surface area contributed by atoms with E-state index in [2.05, 4.69) is 19.1 Å². The molecule has 13 heavy (non-hydrogen) atoms. The van der Waals surface area contributed by atoms with Gasteiger partial charge in [0.1, 0.15) is 0 Å². The van der Waals surface area contributed by atoms with Crippen LogP contribution < -0.4 is 0 Å². The van der Waals surface area contributed by atoms with Crippen molar-refractivity contribution in [2.75, 3.05) is 13.0 Å². The molecule has 0 fully saturated rings. The Morgan fingerprint density at radius 3 is 2.38 bits per heavy atom. The van der Waals surface area contributed by atoms with Gasteiger partial charge in [0.05, 0.1) is 5.60 Å². The van der Waals surface area contributed by atoms with Crippen LogP contribution in [-0.2, 0) is 10.3 Å². The number of ether oxygens (including phenoxy) is 1. The van der Waals surface area contributed by atoms with Gasteiger partial charge in [0.15, 0.2) is 0 Å². The highest BCUT2D eigenvalue weighted by Crippen LogP contribution is 2.28. The minimum atomic E-state index is -0.247. The fourth-order valence-electron chi connectivity index (χ4n) is 1.34. The van der Waals surface area contributed by atoms with E-state index in [-0.39, 0.29) is 5.60 Å². The molecule has 0 aliphatic carbocycles. The molecule has 0 radical (unpaired) electrons. The zero-order chi connectivity index (χ0) is 9.73. The second-order valence-corrected chi connectivity index (χ2v) is 3.62. The van der Waals surface area contributed by atoms with Crippen LogP contribution in [0, 0.1) is 0 Å². The lowest BCUT2D eigenvalue weighted by molar-refractivity contribution is -0.000632. The molecule has 0 saturated heterocycles. The minimum absolute atomic E-state index is 0.247. The molecule has 1 atom stereocenters. The lowest BCUT2D eigenvalue weighted by Crippen LogP contribution is -2.24. The largest absolute Gasteiger partial charge is 0.374 e. The second-order valence-electron chi connectivity index (χ2n) is 3.24. The first-order chi connectivity index (χ1) is 6.23. The van der Waals surface area contributed by atoms with Crippen LogP contribution in [0.5, 0.6) is 0 Å². The highest BCUT2D eigenvalue weighted by Gasteiger charge is 2.24. The van der Waals surface area contributed by atoms with Gasteiger partial charge >= 0.3 is 0 Å². The van der Waals surface area contributed by atoms with E-state index >= 15 is 0 Å². The van der Waals surface area contributed by atoms with Crippen LogP contribution in [-0.4, -0.2) is 13.0 Å². The van der Waals surface area contributed by atoms with Gasteiger partial charge in [0.25, 0.3) is 0 Å². The maximum atomic E-state index is 5.73. The van der Waals surface area contributed by atoms with Crippen molar-refractivity contribution in [1.29, 1.82) is 0 Å². The predicted octanol–water partition coefficient (Wildman–Crippen LogP) is 3.18. The van der Waals surface area contributed by atoms with Crippen molar-refractivity contribution in [2.45, 2.75) is 18.9 Å². The van der Waals surface area contributed by atoms with Crippen LogP contribution in [0.25, 0.3) is 0 Å². The van der Waals surface area contributed by atoms with E-state index in [0.717, 1.165) is 6.42 Å². The maximum Gasteiger partial charge on any atom is 0.0910 e. The number of alkyl halides is 1. The molecule has 0 bridgehead atoms. The van der Waals surface area contributed by atoms with Crippen LogP contribution in [0.2, 0.25) is 0 Å². The lowest BCUT2D eigenvalue weighted by Gasteiger charge is -2.27. The summed E-state index contributed by atoms with van der Waals surface area (Å²) in [6, 6.07) is 10.2. The Kier molecular flexibility index (Phi) is 3.76. The summed E-state index contributed by atoms with van der Waals surface area (Å²) >= 11 is 5.73. The second kappa shape index (κ2) is 4.64. The van der Waals surface area contributed by atoms with Crippen molar-refractivity contribution in [3.05, 3.63) is 35.9 Å².